The van der Waals surface area contributed by atoms with Gasteiger partial charge in [-0.2, -0.15) is 0 Å². The zero-order chi connectivity index (χ0) is 9.60. The number of rotatable bonds is 0. The van der Waals surface area contributed by atoms with E-state index in [0.717, 1.165) is 12.8 Å². The number of aliphatic hydroxyl groups excluding tert-OH is 1. The highest BCUT2D eigenvalue weighted by molar-refractivity contribution is 5.13. The highest BCUT2D eigenvalue weighted by Crippen LogP contribution is 2.43. The fraction of sp³-hybridized carbons (Fsp3) is 0.818. The third-order valence-electron chi connectivity index (χ3n) is 3.48. The van der Waals surface area contributed by atoms with Gasteiger partial charge in [0.15, 0.2) is 5.79 Å². The van der Waals surface area contributed by atoms with Crippen LogP contribution < -0.4 is 0 Å². The molecule has 3 heteroatoms. The Morgan fingerprint density at radius 2 is 1.86 bits per heavy atom. The lowest BCUT2D eigenvalue weighted by Gasteiger charge is -2.32. The van der Waals surface area contributed by atoms with Gasteiger partial charge in [0.25, 0.3) is 0 Å². The van der Waals surface area contributed by atoms with Gasteiger partial charge in [0, 0.05) is 12.8 Å². The predicted molar refractivity (Wildman–Crippen MR) is 50.7 cm³/mol. The number of fused-ring (bicyclic) bond motifs is 1. The highest BCUT2D eigenvalue weighted by Gasteiger charge is 2.50. The average Bonchev–Trinajstić information content (AvgIpc) is 2.68. The second-order valence-electron chi connectivity index (χ2n) is 4.51. The topological polar surface area (TPSA) is 38.7 Å². The maximum absolute atomic E-state index is 9.62. The highest BCUT2D eigenvalue weighted by atomic mass is 16.8. The van der Waals surface area contributed by atoms with E-state index in [2.05, 4.69) is 0 Å². The van der Waals surface area contributed by atoms with Crippen molar-refractivity contribution in [2.75, 3.05) is 0 Å². The van der Waals surface area contributed by atoms with Gasteiger partial charge in [0.2, 0.25) is 0 Å². The monoisotopic (exact) mass is 196 g/mol. The molecule has 1 aliphatic heterocycles. The van der Waals surface area contributed by atoms with Crippen molar-refractivity contribution in [1.82, 2.24) is 0 Å². The molecule has 3 atom stereocenters. The van der Waals surface area contributed by atoms with Crippen LogP contribution in [0.2, 0.25) is 0 Å². The summed E-state index contributed by atoms with van der Waals surface area (Å²) >= 11 is 0. The lowest BCUT2D eigenvalue weighted by atomic mass is 9.94. The van der Waals surface area contributed by atoms with Crippen molar-refractivity contribution < 1.29 is 14.6 Å². The minimum absolute atomic E-state index is 0.0110. The van der Waals surface area contributed by atoms with Crippen LogP contribution in [0.1, 0.15) is 32.1 Å². The van der Waals surface area contributed by atoms with Crippen molar-refractivity contribution in [3.63, 3.8) is 0 Å². The second kappa shape index (κ2) is 3.05. The van der Waals surface area contributed by atoms with Gasteiger partial charge >= 0.3 is 0 Å². The number of aliphatic hydroxyl groups is 1. The molecule has 1 heterocycles. The van der Waals surface area contributed by atoms with Crippen LogP contribution in [0.15, 0.2) is 12.2 Å². The van der Waals surface area contributed by atoms with Gasteiger partial charge in [0.05, 0.1) is 0 Å². The van der Waals surface area contributed by atoms with Crippen LogP contribution in [0.4, 0.5) is 0 Å². The molecule has 0 aromatic rings. The fourth-order valence-electron chi connectivity index (χ4n) is 2.73. The fourth-order valence-corrected chi connectivity index (χ4v) is 2.73. The van der Waals surface area contributed by atoms with E-state index in [9.17, 15) is 5.11 Å². The molecule has 1 spiro atoms. The summed E-state index contributed by atoms with van der Waals surface area (Å²) in [4.78, 5) is 0. The molecule has 0 unspecified atom stereocenters. The number of hydrogen-bond donors (Lipinski definition) is 1. The van der Waals surface area contributed by atoms with Crippen molar-refractivity contribution in [3.05, 3.63) is 12.2 Å². The largest absolute Gasteiger partial charge is 0.386 e. The van der Waals surface area contributed by atoms with E-state index >= 15 is 0 Å². The molecule has 3 rings (SSSR count). The molecular weight excluding hydrogens is 180 g/mol. The summed E-state index contributed by atoms with van der Waals surface area (Å²) in [5.74, 6) is -0.362. The molecule has 3 nitrogen and oxygen atoms in total. The summed E-state index contributed by atoms with van der Waals surface area (Å²) in [7, 11) is 0. The maximum Gasteiger partial charge on any atom is 0.169 e. The SMILES string of the molecule is O[C@H]1C=C[C@@H]2OC3(CCCCC3)O[C@@H]21. The van der Waals surface area contributed by atoms with E-state index in [1.165, 1.54) is 19.3 Å². The average molecular weight is 196 g/mol. The van der Waals surface area contributed by atoms with Gasteiger partial charge < -0.3 is 14.6 Å². The molecule has 78 valence electrons. The first-order valence-electron chi connectivity index (χ1n) is 5.51. The zero-order valence-electron chi connectivity index (χ0n) is 8.19. The zero-order valence-corrected chi connectivity index (χ0v) is 8.19. The third-order valence-corrected chi connectivity index (χ3v) is 3.48. The third kappa shape index (κ3) is 1.23. The quantitative estimate of drug-likeness (QED) is 0.594. The molecule has 3 aliphatic rings. The van der Waals surface area contributed by atoms with Crippen molar-refractivity contribution in [2.24, 2.45) is 0 Å². The van der Waals surface area contributed by atoms with Crippen LogP contribution in [0.3, 0.4) is 0 Å². The lowest BCUT2D eigenvalue weighted by molar-refractivity contribution is -0.197. The molecule has 0 aromatic carbocycles. The summed E-state index contributed by atoms with van der Waals surface area (Å²) in [6.07, 6.45) is 8.68. The summed E-state index contributed by atoms with van der Waals surface area (Å²) < 4.78 is 11.8. The van der Waals surface area contributed by atoms with Gasteiger partial charge in [-0.1, -0.05) is 18.6 Å². The summed E-state index contributed by atoms with van der Waals surface area (Å²) in [5, 5.41) is 9.62. The first kappa shape index (κ1) is 8.89. The van der Waals surface area contributed by atoms with Crippen LogP contribution in [0.5, 0.6) is 0 Å². The Kier molecular flexibility index (Phi) is 1.94. The van der Waals surface area contributed by atoms with Gasteiger partial charge in [0.1, 0.15) is 18.3 Å². The van der Waals surface area contributed by atoms with Gasteiger partial charge in [-0.05, 0) is 12.8 Å². The molecule has 0 amide bonds. The number of ether oxygens (including phenoxy) is 2. The van der Waals surface area contributed by atoms with E-state index in [1.54, 1.807) is 6.08 Å². The second-order valence-corrected chi connectivity index (χ2v) is 4.51. The van der Waals surface area contributed by atoms with Crippen LogP contribution in [-0.4, -0.2) is 29.2 Å². The van der Waals surface area contributed by atoms with Crippen molar-refractivity contribution in [3.8, 4) is 0 Å². The van der Waals surface area contributed by atoms with E-state index in [-0.39, 0.29) is 18.0 Å². The molecule has 1 saturated carbocycles. The minimum Gasteiger partial charge on any atom is -0.386 e. The predicted octanol–water partition coefficient (Wildman–Crippen LogP) is 1.36. The normalized spacial score (nSPS) is 44.5. The Balaban J connectivity index is 1.77. The lowest BCUT2D eigenvalue weighted by Crippen LogP contribution is -2.35. The minimum atomic E-state index is -0.471. The Morgan fingerprint density at radius 3 is 2.57 bits per heavy atom. The molecule has 1 N–H and O–H groups in total. The Bertz CT molecular complexity index is 255. The maximum atomic E-state index is 9.62. The van der Waals surface area contributed by atoms with Gasteiger partial charge in [-0.25, -0.2) is 0 Å². The molecular formula is C11H16O3. The molecule has 2 aliphatic carbocycles. The van der Waals surface area contributed by atoms with E-state index in [0.29, 0.717) is 0 Å². The van der Waals surface area contributed by atoms with Crippen molar-refractivity contribution in [2.45, 2.75) is 56.2 Å². The smallest absolute Gasteiger partial charge is 0.169 e. The summed E-state index contributed by atoms with van der Waals surface area (Å²) in [5.41, 5.74) is 0. The molecule has 0 radical (unpaired) electrons. The molecule has 14 heavy (non-hydrogen) atoms. The van der Waals surface area contributed by atoms with E-state index in [1.807, 2.05) is 6.08 Å². The standard InChI is InChI=1S/C11H16O3/c12-8-4-5-9-10(8)14-11(13-9)6-2-1-3-7-11/h4-5,8-10,12H,1-3,6-7H2/t8-,9-,10+/m0/s1. The Labute approximate surface area is 83.7 Å². The Morgan fingerprint density at radius 1 is 1.07 bits per heavy atom. The Hall–Kier alpha value is -0.380. The van der Waals surface area contributed by atoms with Gasteiger partial charge in [-0.15, -0.1) is 0 Å². The van der Waals surface area contributed by atoms with Crippen LogP contribution in [-0.2, 0) is 9.47 Å². The molecule has 0 aromatic heterocycles. The van der Waals surface area contributed by atoms with Crippen LogP contribution in [0.25, 0.3) is 0 Å². The summed E-state index contributed by atoms with van der Waals surface area (Å²) in [6.45, 7) is 0. The molecule has 1 saturated heterocycles. The number of hydrogen-bond acceptors (Lipinski definition) is 3. The molecule has 2 fully saturated rings. The van der Waals surface area contributed by atoms with E-state index in [4.69, 9.17) is 9.47 Å². The first-order valence-corrected chi connectivity index (χ1v) is 5.51. The van der Waals surface area contributed by atoms with Crippen molar-refractivity contribution >= 4 is 0 Å². The van der Waals surface area contributed by atoms with Crippen LogP contribution >= 0.6 is 0 Å². The van der Waals surface area contributed by atoms with Gasteiger partial charge in [-0.3, -0.25) is 0 Å². The van der Waals surface area contributed by atoms with Crippen LogP contribution in [0, 0.1) is 0 Å². The molecule has 0 bridgehead atoms. The van der Waals surface area contributed by atoms with Crippen molar-refractivity contribution in [1.29, 1.82) is 0 Å². The summed E-state index contributed by atoms with van der Waals surface area (Å²) in [6, 6.07) is 0. The van der Waals surface area contributed by atoms with E-state index < -0.39 is 6.10 Å². The first-order chi connectivity index (χ1) is 6.79.